The Hall–Kier alpha value is -3.22. The van der Waals surface area contributed by atoms with Gasteiger partial charge in [0.25, 0.3) is 5.78 Å². The predicted molar refractivity (Wildman–Crippen MR) is 76.7 cm³/mol. The zero-order valence-electron chi connectivity index (χ0n) is 12.3. The predicted octanol–water partition coefficient (Wildman–Crippen LogP) is 1.89. The first-order valence-corrected chi connectivity index (χ1v) is 6.73. The number of nitriles is 1. The van der Waals surface area contributed by atoms with Gasteiger partial charge in [0.15, 0.2) is 5.69 Å². The van der Waals surface area contributed by atoms with E-state index in [9.17, 15) is 13.2 Å². The van der Waals surface area contributed by atoms with Crippen LogP contribution in [0.4, 0.5) is 19.0 Å². The lowest BCUT2D eigenvalue weighted by atomic mass is 10.1. The maximum Gasteiger partial charge on any atom is 0.419 e. The number of hydrogen-bond acceptors (Lipinski definition) is 6. The molecule has 3 rings (SSSR count). The summed E-state index contributed by atoms with van der Waals surface area (Å²) in [7, 11) is 0. The molecule has 0 atom stereocenters. The van der Waals surface area contributed by atoms with Gasteiger partial charge in [-0.05, 0) is 19.1 Å². The van der Waals surface area contributed by atoms with Crippen LogP contribution in [0.2, 0.25) is 0 Å². The third-order valence-corrected chi connectivity index (χ3v) is 3.49. The van der Waals surface area contributed by atoms with Crippen LogP contribution < -0.4 is 5.73 Å². The first kappa shape index (κ1) is 15.7. The molecular weight excluding hydrogens is 323 g/mol. The topological polar surface area (TPSA) is 106 Å². The third-order valence-electron chi connectivity index (χ3n) is 3.49. The fourth-order valence-corrected chi connectivity index (χ4v) is 2.32. The number of anilines is 1. The van der Waals surface area contributed by atoms with Gasteiger partial charge in [0.05, 0.1) is 5.56 Å². The van der Waals surface area contributed by atoms with Crippen LogP contribution in [0.3, 0.4) is 0 Å². The van der Waals surface area contributed by atoms with Crippen LogP contribution in [0.15, 0.2) is 18.5 Å². The van der Waals surface area contributed by atoms with Crippen molar-refractivity contribution in [2.75, 3.05) is 5.73 Å². The summed E-state index contributed by atoms with van der Waals surface area (Å²) in [5.41, 5.74) is 5.68. The summed E-state index contributed by atoms with van der Waals surface area (Å²) in [4.78, 5) is 12.0. The number of pyridine rings is 1. The second-order valence-corrected chi connectivity index (χ2v) is 5.02. The van der Waals surface area contributed by atoms with Gasteiger partial charge in [-0.1, -0.05) is 0 Å². The van der Waals surface area contributed by atoms with Gasteiger partial charge in [0.2, 0.25) is 0 Å². The Labute approximate surface area is 133 Å². The second kappa shape index (κ2) is 5.45. The minimum absolute atomic E-state index is 0.118. The lowest BCUT2D eigenvalue weighted by molar-refractivity contribution is -0.138. The van der Waals surface area contributed by atoms with Crippen molar-refractivity contribution >= 4 is 11.6 Å². The van der Waals surface area contributed by atoms with Crippen molar-refractivity contribution in [3.8, 4) is 6.07 Å². The van der Waals surface area contributed by atoms with E-state index in [2.05, 4.69) is 20.1 Å². The molecule has 3 heterocycles. The van der Waals surface area contributed by atoms with Crippen LogP contribution >= 0.6 is 0 Å². The number of nitrogen functional groups attached to an aromatic ring is 1. The van der Waals surface area contributed by atoms with Crippen molar-refractivity contribution in [2.45, 2.75) is 19.5 Å². The largest absolute Gasteiger partial charge is 0.419 e. The van der Waals surface area contributed by atoms with E-state index in [-0.39, 0.29) is 17.9 Å². The Kier molecular flexibility index (Phi) is 3.56. The summed E-state index contributed by atoms with van der Waals surface area (Å²) < 4.78 is 39.8. The highest BCUT2D eigenvalue weighted by Gasteiger charge is 2.34. The minimum Gasteiger partial charge on any atom is -0.383 e. The zero-order valence-corrected chi connectivity index (χ0v) is 12.3. The normalized spacial score (nSPS) is 11.6. The summed E-state index contributed by atoms with van der Waals surface area (Å²) in [6, 6.07) is 3.53. The van der Waals surface area contributed by atoms with Gasteiger partial charge in [0, 0.05) is 23.4 Å². The summed E-state index contributed by atoms with van der Waals surface area (Å²) in [6.07, 6.45) is -3.22. The van der Waals surface area contributed by atoms with E-state index >= 15 is 0 Å². The number of rotatable bonds is 2. The fourth-order valence-electron chi connectivity index (χ4n) is 2.32. The monoisotopic (exact) mass is 333 g/mol. The highest BCUT2D eigenvalue weighted by molar-refractivity contribution is 5.50. The van der Waals surface area contributed by atoms with Gasteiger partial charge >= 0.3 is 6.18 Å². The molecule has 0 aliphatic rings. The van der Waals surface area contributed by atoms with E-state index in [0.29, 0.717) is 17.0 Å². The first-order chi connectivity index (χ1) is 11.3. The third kappa shape index (κ3) is 2.60. The lowest BCUT2D eigenvalue weighted by Gasteiger charge is -2.12. The van der Waals surface area contributed by atoms with Crippen molar-refractivity contribution < 1.29 is 13.2 Å². The van der Waals surface area contributed by atoms with Gasteiger partial charge in [0.1, 0.15) is 18.2 Å². The van der Waals surface area contributed by atoms with Crippen LogP contribution in [-0.2, 0) is 12.6 Å². The van der Waals surface area contributed by atoms with Crippen molar-refractivity contribution in [1.82, 2.24) is 24.6 Å². The van der Waals surface area contributed by atoms with E-state index in [1.807, 2.05) is 0 Å². The Bertz CT molecular complexity index is 969. The molecule has 0 aliphatic carbocycles. The molecule has 3 aromatic heterocycles. The lowest BCUT2D eigenvalue weighted by Crippen LogP contribution is -2.12. The summed E-state index contributed by atoms with van der Waals surface area (Å²) >= 11 is 0. The molecule has 0 saturated carbocycles. The van der Waals surface area contributed by atoms with E-state index in [1.165, 1.54) is 23.0 Å². The van der Waals surface area contributed by atoms with Gasteiger partial charge < -0.3 is 5.73 Å². The molecule has 0 spiro atoms. The number of aryl methyl sites for hydroxylation is 1. The standard InChI is InChI=1S/C14H10F3N7/c1-7-9(12(19)24-13(22-7)20-6-21-24)4-8-2-3-10(14(15,16)17)11(5-18)23-8/h2-3,6H,4,19H2,1H3. The van der Waals surface area contributed by atoms with Crippen molar-refractivity contribution in [1.29, 1.82) is 5.26 Å². The van der Waals surface area contributed by atoms with Gasteiger partial charge in [-0.25, -0.2) is 9.97 Å². The van der Waals surface area contributed by atoms with Crippen LogP contribution in [0, 0.1) is 18.3 Å². The molecule has 2 N–H and O–H groups in total. The van der Waals surface area contributed by atoms with Crippen molar-refractivity contribution in [3.63, 3.8) is 0 Å². The molecule has 0 fully saturated rings. The SMILES string of the molecule is Cc1nc2ncnn2c(N)c1Cc1ccc(C(F)(F)F)c(C#N)n1. The highest BCUT2D eigenvalue weighted by Crippen LogP contribution is 2.31. The molecule has 3 aromatic rings. The molecule has 0 aliphatic heterocycles. The smallest absolute Gasteiger partial charge is 0.383 e. The average molecular weight is 333 g/mol. The first-order valence-electron chi connectivity index (χ1n) is 6.73. The Morgan fingerprint density at radius 2 is 2.04 bits per heavy atom. The summed E-state index contributed by atoms with van der Waals surface area (Å²) in [5, 5.41) is 12.9. The van der Waals surface area contributed by atoms with Gasteiger partial charge in [-0.15, -0.1) is 0 Å². The van der Waals surface area contributed by atoms with Crippen LogP contribution in [0.25, 0.3) is 5.78 Å². The zero-order chi connectivity index (χ0) is 17.5. The maximum atomic E-state index is 12.8. The van der Waals surface area contributed by atoms with Gasteiger partial charge in [-0.2, -0.15) is 33.0 Å². The van der Waals surface area contributed by atoms with Crippen molar-refractivity contribution in [3.05, 3.63) is 46.7 Å². The Balaban J connectivity index is 2.05. The molecular formula is C14H10F3N7. The van der Waals surface area contributed by atoms with E-state index in [1.54, 1.807) is 6.92 Å². The number of nitrogens with zero attached hydrogens (tertiary/aromatic N) is 6. The Morgan fingerprint density at radius 3 is 2.71 bits per heavy atom. The number of fused-ring (bicyclic) bond motifs is 1. The Morgan fingerprint density at radius 1 is 1.29 bits per heavy atom. The molecule has 0 amide bonds. The number of hydrogen-bond donors (Lipinski definition) is 1. The van der Waals surface area contributed by atoms with Crippen LogP contribution in [0.5, 0.6) is 0 Å². The minimum atomic E-state index is -4.63. The van der Waals surface area contributed by atoms with E-state index in [0.717, 1.165) is 6.07 Å². The van der Waals surface area contributed by atoms with Crippen molar-refractivity contribution in [2.24, 2.45) is 0 Å². The number of halogens is 3. The molecule has 10 heteroatoms. The molecule has 0 saturated heterocycles. The highest BCUT2D eigenvalue weighted by atomic mass is 19.4. The van der Waals surface area contributed by atoms with E-state index in [4.69, 9.17) is 11.0 Å². The van der Waals surface area contributed by atoms with Gasteiger partial charge in [-0.3, -0.25) is 0 Å². The molecule has 7 nitrogen and oxygen atoms in total. The molecule has 0 unspecified atom stereocenters. The van der Waals surface area contributed by atoms with E-state index < -0.39 is 17.4 Å². The molecule has 24 heavy (non-hydrogen) atoms. The number of aromatic nitrogens is 5. The summed E-state index contributed by atoms with van der Waals surface area (Å²) in [6.45, 7) is 1.70. The maximum absolute atomic E-state index is 12.8. The average Bonchev–Trinajstić information content (AvgIpc) is 2.98. The fraction of sp³-hybridized carbons (Fsp3) is 0.214. The molecule has 0 radical (unpaired) electrons. The quantitative estimate of drug-likeness (QED) is 0.767. The molecule has 122 valence electrons. The molecule has 0 bridgehead atoms. The second-order valence-electron chi connectivity index (χ2n) is 5.02. The number of nitrogens with two attached hydrogens (primary N) is 1. The molecule has 0 aromatic carbocycles. The summed E-state index contributed by atoms with van der Waals surface area (Å²) in [5.74, 6) is 0.599. The number of alkyl halides is 3. The van der Waals surface area contributed by atoms with Crippen LogP contribution in [0.1, 0.15) is 28.2 Å². The van der Waals surface area contributed by atoms with Crippen LogP contribution in [-0.4, -0.2) is 24.6 Å².